The molecule has 1 aromatic heterocycles. The van der Waals surface area contributed by atoms with Crippen LogP contribution < -0.4 is 9.47 Å². The molecule has 150 valence electrons. The van der Waals surface area contributed by atoms with Crippen LogP contribution in [-0.2, 0) is 24.3 Å². The monoisotopic (exact) mass is 384 g/mol. The number of ether oxygens (including phenoxy) is 2. The number of aromatic nitrogens is 2. The van der Waals surface area contributed by atoms with E-state index in [0.29, 0.717) is 19.6 Å². The molecular formula is C21H28N4O3. The molecule has 0 spiro atoms. The standard InChI is InChI=1S/C21H28N4O3/c1-2-25-16-18(14-22-25)15-23-6-3-7-24(9-8-23)21(26)13-17-4-5-19-20(12-17)28-11-10-27-19/h4-5,12,14,16H,2-3,6-11,13,15H2,1H3. The molecule has 0 atom stereocenters. The number of carbonyl (C=O) groups excluding carboxylic acids is 1. The van der Waals surface area contributed by atoms with Crippen LogP contribution in [0.25, 0.3) is 0 Å². The Balaban J connectivity index is 1.31. The summed E-state index contributed by atoms with van der Waals surface area (Å²) < 4.78 is 13.1. The number of amides is 1. The largest absolute Gasteiger partial charge is 0.486 e. The van der Waals surface area contributed by atoms with E-state index in [4.69, 9.17) is 9.47 Å². The number of aryl methyl sites for hydroxylation is 1. The molecule has 0 unspecified atom stereocenters. The number of nitrogens with zero attached hydrogens (tertiary/aromatic N) is 4. The number of hydrogen-bond acceptors (Lipinski definition) is 5. The van der Waals surface area contributed by atoms with Gasteiger partial charge in [-0.2, -0.15) is 5.10 Å². The molecular weight excluding hydrogens is 356 g/mol. The van der Waals surface area contributed by atoms with Crippen molar-refractivity contribution in [2.75, 3.05) is 39.4 Å². The minimum Gasteiger partial charge on any atom is -0.486 e. The molecule has 1 amide bonds. The van der Waals surface area contributed by atoms with E-state index >= 15 is 0 Å². The Bertz CT molecular complexity index is 820. The van der Waals surface area contributed by atoms with Crippen LogP contribution in [0.15, 0.2) is 30.6 Å². The summed E-state index contributed by atoms with van der Waals surface area (Å²) in [5, 5.41) is 4.35. The van der Waals surface area contributed by atoms with E-state index in [1.165, 1.54) is 5.56 Å². The summed E-state index contributed by atoms with van der Waals surface area (Å²) in [6.07, 6.45) is 5.45. The number of hydrogen-bond donors (Lipinski definition) is 0. The molecule has 2 aromatic rings. The van der Waals surface area contributed by atoms with Gasteiger partial charge in [0.2, 0.25) is 5.91 Å². The van der Waals surface area contributed by atoms with Crippen molar-refractivity contribution in [2.24, 2.45) is 0 Å². The van der Waals surface area contributed by atoms with Gasteiger partial charge in [-0.1, -0.05) is 6.07 Å². The van der Waals surface area contributed by atoms with Crippen LogP contribution in [0.1, 0.15) is 24.5 Å². The molecule has 0 aliphatic carbocycles. The van der Waals surface area contributed by atoms with Gasteiger partial charge in [0.15, 0.2) is 11.5 Å². The van der Waals surface area contributed by atoms with Crippen LogP contribution in [0, 0.1) is 0 Å². The van der Waals surface area contributed by atoms with Crippen LogP contribution in [0.5, 0.6) is 11.5 Å². The minimum atomic E-state index is 0.178. The molecule has 1 aromatic carbocycles. The molecule has 1 fully saturated rings. The van der Waals surface area contributed by atoms with E-state index in [-0.39, 0.29) is 5.91 Å². The van der Waals surface area contributed by atoms with Gasteiger partial charge >= 0.3 is 0 Å². The van der Waals surface area contributed by atoms with Crippen molar-refractivity contribution in [1.82, 2.24) is 19.6 Å². The smallest absolute Gasteiger partial charge is 0.227 e. The van der Waals surface area contributed by atoms with Crippen LogP contribution >= 0.6 is 0 Å². The highest BCUT2D eigenvalue weighted by Crippen LogP contribution is 2.31. The summed E-state index contributed by atoms with van der Waals surface area (Å²) in [4.78, 5) is 17.2. The fourth-order valence-electron chi connectivity index (χ4n) is 3.78. The summed E-state index contributed by atoms with van der Waals surface area (Å²) in [5.74, 6) is 1.68. The Morgan fingerprint density at radius 1 is 1.07 bits per heavy atom. The maximum absolute atomic E-state index is 12.8. The van der Waals surface area contributed by atoms with Crippen molar-refractivity contribution < 1.29 is 14.3 Å². The average Bonchev–Trinajstić information content (AvgIpc) is 3.04. The van der Waals surface area contributed by atoms with Crippen LogP contribution in [0.3, 0.4) is 0 Å². The first-order valence-electron chi connectivity index (χ1n) is 10.1. The number of rotatable bonds is 5. The normalized spacial score (nSPS) is 17.4. The molecule has 4 rings (SSSR count). The first kappa shape index (κ1) is 18.8. The first-order valence-corrected chi connectivity index (χ1v) is 10.1. The molecule has 0 N–H and O–H groups in total. The van der Waals surface area contributed by atoms with Crippen LogP contribution in [-0.4, -0.2) is 64.9 Å². The lowest BCUT2D eigenvalue weighted by Gasteiger charge is -2.22. The molecule has 0 radical (unpaired) electrons. The molecule has 28 heavy (non-hydrogen) atoms. The molecule has 1 saturated heterocycles. The van der Waals surface area contributed by atoms with Gasteiger partial charge in [0.1, 0.15) is 13.2 Å². The number of carbonyl (C=O) groups is 1. The third-order valence-electron chi connectivity index (χ3n) is 5.32. The maximum Gasteiger partial charge on any atom is 0.227 e. The zero-order chi connectivity index (χ0) is 19.3. The highest BCUT2D eigenvalue weighted by Gasteiger charge is 2.20. The first-order chi connectivity index (χ1) is 13.7. The Morgan fingerprint density at radius 2 is 1.93 bits per heavy atom. The van der Waals surface area contributed by atoms with Gasteiger partial charge in [0.25, 0.3) is 0 Å². The topological polar surface area (TPSA) is 59.8 Å². The van der Waals surface area contributed by atoms with Crippen molar-refractivity contribution >= 4 is 5.91 Å². The molecule has 2 aliphatic heterocycles. The SMILES string of the molecule is CCn1cc(CN2CCCN(C(=O)Cc3ccc4c(c3)OCCO4)CC2)cn1. The van der Waals surface area contributed by atoms with Crippen molar-refractivity contribution in [3.05, 3.63) is 41.7 Å². The fourth-order valence-corrected chi connectivity index (χ4v) is 3.78. The molecule has 0 saturated carbocycles. The van der Waals surface area contributed by atoms with Crippen molar-refractivity contribution in [1.29, 1.82) is 0 Å². The van der Waals surface area contributed by atoms with Crippen molar-refractivity contribution in [2.45, 2.75) is 32.9 Å². The highest BCUT2D eigenvalue weighted by atomic mass is 16.6. The zero-order valence-corrected chi connectivity index (χ0v) is 16.5. The van der Waals surface area contributed by atoms with E-state index in [1.807, 2.05) is 34.0 Å². The minimum absolute atomic E-state index is 0.178. The van der Waals surface area contributed by atoms with E-state index < -0.39 is 0 Å². The van der Waals surface area contributed by atoms with Gasteiger partial charge in [-0.05, 0) is 31.0 Å². The summed E-state index contributed by atoms with van der Waals surface area (Å²) in [6, 6.07) is 5.79. The Hall–Kier alpha value is -2.54. The zero-order valence-electron chi connectivity index (χ0n) is 16.5. The Kier molecular flexibility index (Phi) is 5.81. The average molecular weight is 384 g/mol. The van der Waals surface area contributed by atoms with Gasteiger partial charge in [0, 0.05) is 51.0 Å². The van der Waals surface area contributed by atoms with E-state index in [9.17, 15) is 4.79 Å². The third-order valence-corrected chi connectivity index (χ3v) is 5.32. The Morgan fingerprint density at radius 3 is 2.75 bits per heavy atom. The molecule has 7 nitrogen and oxygen atoms in total. The van der Waals surface area contributed by atoms with Crippen molar-refractivity contribution in [3.8, 4) is 11.5 Å². The summed E-state index contributed by atoms with van der Waals surface area (Å²) in [7, 11) is 0. The lowest BCUT2D eigenvalue weighted by atomic mass is 10.1. The lowest BCUT2D eigenvalue weighted by molar-refractivity contribution is -0.130. The quantitative estimate of drug-likeness (QED) is 0.789. The van der Waals surface area contributed by atoms with Gasteiger partial charge in [-0.15, -0.1) is 0 Å². The van der Waals surface area contributed by atoms with E-state index in [1.54, 1.807) is 0 Å². The van der Waals surface area contributed by atoms with Gasteiger partial charge < -0.3 is 14.4 Å². The molecule has 7 heteroatoms. The third kappa shape index (κ3) is 4.47. The van der Waals surface area contributed by atoms with Crippen LogP contribution in [0.2, 0.25) is 0 Å². The second kappa shape index (κ2) is 8.65. The number of fused-ring (bicyclic) bond motifs is 1. The van der Waals surface area contributed by atoms with Crippen molar-refractivity contribution in [3.63, 3.8) is 0 Å². The predicted molar refractivity (Wildman–Crippen MR) is 106 cm³/mol. The van der Waals surface area contributed by atoms with Gasteiger partial charge in [-0.3, -0.25) is 14.4 Å². The Labute approximate surface area is 165 Å². The summed E-state index contributed by atoms with van der Waals surface area (Å²) in [5.41, 5.74) is 2.21. The lowest BCUT2D eigenvalue weighted by Crippen LogP contribution is -2.36. The summed E-state index contributed by atoms with van der Waals surface area (Å²) in [6.45, 7) is 8.49. The van der Waals surface area contributed by atoms with E-state index in [2.05, 4.69) is 23.1 Å². The second-order valence-corrected chi connectivity index (χ2v) is 7.37. The van der Waals surface area contributed by atoms with E-state index in [0.717, 1.165) is 62.8 Å². The number of benzene rings is 1. The maximum atomic E-state index is 12.8. The van der Waals surface area contributed by atoms with Gasteiger partial charge in [0.05, 0.1) is 12.6 Å². The predicted octanol–water partition coefficient (Wildman–Crippen LogP) is 1.95. The molecule has 0 bridgehead atoms. The van der Waals surface area contributed by atoms with Crippen LogP contribution in [0.4, 0.5) is 0 Å². The second-order valence-electron chi connectivity index (χ2n) is 7.37. The molecule has 3 heterocycles. The fraction of sp³-hybridized carbons (Fsp3) is 0.524. The summed E-state index contributed by atoms with van der Waals surface area (Å²) >= 11 is 0. The molecule has 2 aliphatic rings. The van der Waals surface area contributed by atoms with Gasteiger partial charge in [-0.25, -0.2) is 0 Å². The highest BCUT2D eigenvalue weighted by molar-refractivity contribution is 5.79.